The number of benzene rings is 3. The summed E-state index contributed by atoms with van der Waals surface area (Å²) in [5.41, 5.74) is 1.73. The first-order valence-corrected chi connectivity index (χ1v) is 15.6. The predicted molar refractivity (Wildman–Crippen MR) is 170 cm³/mol. The average molecular weight is 660 g/mol. The maximum absolute atomic E-state index is 13.5. The third-order valence-corrected chi connectivity index (χ3v) is 8.35. The van der Waals surface area contributed by atoms with Gasteiger partial charge in [-0.25, -0.2) is 9.59 Å². The number of ether oxygens (including phenoxy) is 2. The van der Waals surface area contributed by atoms with Crippen molar-refractivity contribution >= 4 is 34.3 Å². The lowest BCUT2D eigenvalue weighted by Crippen LogP contribution is -2.48. The number of aliphatic carboxylic acids is 2. The largest absolute Gasteiger partial charge is 0.494 e. The summed E-state index contributed by atoms with van der Waals surface area (Å²) in [4.78, 5) is 40.0. The van der Waals surface area contributed by atoms with E-state index in [1.807, 2.05) is 41.3 Å². The monoisotopic (exact) mass is 659 g/mol. The number of anilines is 1. The molecule has 2 fully saturated rings. The lowest BCUT2D eigenvalue weighted by Gasteiger charge is -2.36. The summed E-state index contributed by atoms with van der Waals surface area (Å²) in [5.74, 6) is -2.47. The highest BCUT2D eigenvalue weighted by Crippen LogP contribution is 2.30. The van der Waals surface area contributed by atoms with Crippen LogP contribution in [0.2, 0.25) is 0 Å². The molecule has 254 valence electrons. The quantitative estimate of drug-likeness (QED) is 0.256. The Balaban J connectivity index is 0.000000644. The van der Waals surface area contributed by atoms with E-state index in [2.05, 4.69) is 29.0 Å². The smallest absolute Gasteiger partial charge is 0.490 e. The second kappa shape index (κ2) is 16.3. The van der Waals surface area contributed by atoms with Crippen LogP contribution in [0.5, 0.6) is 11.5 Å². The minimum absolute atomic E-state index is 0.0250. The highest BCUT2D eigenvalue weighted by molar-refractivity contribution is 6.08. The average Bonchev–Trinajstić information content (AvgIpc) is 3.61. The van der Waals surface area contributed by atoms with Gasteiger partial charge in [-0.1, -0.05) is 37.1 Å². The Labute approximate surface area is 271 Å². The molecule has 2 aliphatic rings. The van der Waals surface area contributed by atoms with Crippen LogP contribution in [0, 0.1) is 0 Å². The lowest BCUT2D eigenvalue weighted by atomic mass is 10.0. The molecular formula is C34H40F3N3O7. The van der Waals surface area contributed by atoms with Crippen LogP contribution in [0.25, 0.3) is 10.8 Å². The Morgan fingerprint density at radius 3 is 2.09 bits per heavy atom. The molecule has 47 heavy (non-hydrogen) atoms. The molecule has 3 aromatic carbocycles. The predicted octanol–water partition coefficient (Wildman–Crippen LogP) is 5.54. The summed E-state index contributed by atoms with van der Waals surface area (Å²) in [6.45, 7) is 4.11. The Bertz CT molecular complexity index is 1500. The zero-order valence-corrected chi connectivity index (χ0v) is 26.2. The van der Waals surface area contributed by atoms with Crippen LogP contribution in [-0.2, 0) is 9.59 Å². The Kier molecular flexibility index (Phi) is 12.3. The van der Waals surface area contributed by atoms with Crippen molar-refractivity contribution in [3.05, 3.63) is 66.2 Å². The van der Waals surface area contributed by atoms with Gasteiger partial charge >= 0.3 is 18.1 Å². The number of fused-ring (bicyclic) bond motifs is 1. The van der Waals surface area contributed by atoms with E-state index in [9.17, 15) is 22.8 Å². The van der Waals surface area contributed by atoms with Crippen molar-refractivity contribution in [1.82, 2.24) is 9.80 Å². The Morgan fingerprint density at radius 1 is 0.872 bits per heavy atom. The van der Waals surface area contributed by atoms with Crippen molar-refractivity contribution in [3.63, 3.8) is 0 Å². The van der Waals surface area contributed by atoms with Crippen molar-refractivity contribution in [1.29, 1.82) is 0 Å². The molecule has 0 atom stereocenters. The molecule has 1 aliphatic carbocycles. The van der Waals surface area contributed by atoms with Gasteiger partial charge in [0.15, 0.2) is 6.61 Å². The van der Waals surface area contributed by atoms with Crippen LogP contribution < -0.4 is 14.4 Å². The lowest BCUT2D eigenvalue weighted by molar-refractivity contribution is -0.192. The molecule has 3 aromatic rings. The Morgan fingerprint density at radius 2 is 1.49 bits per heavy atom. The number of nitrogens with zero attached hydrogens (tertiary/aromatic N) is 3. The molecule has 0 spiro atoms. The summed E-state index contributed by atoms with van der Waals surface area (Å²) in [5, 5.41) is 17.6. The number of hydrogen-bond acceptors (Lipinski definition) is 7. The van der Waals surface area contributed by atoms with E-state index in [4.69, 9.17) is 24.5 Å². The fourth-order valence-corrected chi connectivity index (χ4v) is 5.85. The SMILES string of the molecule is CN(CCCOc1ccc(N2CCN(C(=O)c3ccc(OCC(=O)O)c4ccccc34)CC2)cc1)C1CCCC1.O=C(O)C(F)(F)F. The van der Waals surface area contributed by atoms with E-state index in [0.717, 1.165) is 60.9 Å². The van der Waals surface area contributed by atoms with E-state index >= 15 is 0 Å². The fraction of sp³-hybridized carbons (Fsp3) is 0.441. The number of carbonyl (C=O) groups excluding carboxylic acids is 1. The maximum atomic E-state index is 13.5. The van der Waals surface area contributed by atoms with Crippen molar-refractivity contribution in [3.8, 4) is 11.5 Å². The van der Waals surface area contributed by atoms with Crippen molar-refractivity contribution < 1.29 is 47.2 Å². The molecule has 1 saturated heterocycles. The number of carboxylic acid groups (broad SMARTS) is 2. The fourth-order valence-electron chi connectivity index (χ4n) is 5.85. The van der Waals surface area contributed by atoms with Crippen LogP contribution >= 0.6 is 0 Å². The van der Waals surface area contributed by atoms with Crippen LogP contribution in [0.1, 0.15) is 42.5 Å². The second-order valence-corrected chi connectivity index (χ2v) is 11.5. The second-order valence-electron chi connectivity index (χ2n) is 11.5. The normalized spacial score (nSPS) is 15.3. The van der Waals surface area contributed by atoms with Gasteiger partial charge in [0, 0.05) is 55.4 Å². The van der Waals surface area contributed by atoms with E-state index in [-0.39, 0.29) is 5.91 Å². The first kappa shape index (κ1) is 35.3. The van der Waals surface area contributed by atoms with Crippen LogP contribution in [0.3, 0.4) is 0 Å². The van der Waals surface area contributed by atoms with E-state index in [0.29, 0.717) is 24.4 Å². The summed E-state index contributed by atoms with van der Waals surface area (Å²) in [7, 11) is 2.23. The van der Waals surface area contributed by atoms with Gasteiger partial charge in [-0.05, 0) is 68.1 Å². The number of carboxylic acids is 2. The van der Waals surface area contributed by atoms with Gasteiger partial charge in [0.05, 0.1) is 6.61 Å². The maximum Gasteiger partial charge on any atom is 0.490 e. The summed E-state index contributed by atoms with van der Waals surface area (Å²) in [6.07, 6.45) is 1.33. The molecule has 1 aliphatic heterocycles. The molecule has 0 bridgehead atoms. The van der Waals surface area contributed by atoms with Gasteiger partial charge in [0.25, 0.3) is 5.91 Å². The molecule has 2 N–H and O–H groups in total. The number of carbonyl (C=O) groups is 3. The zero-order chi connectivity index (χ0) is 34.0. The Hall–Kier alpha value is -4.52. The van der Waals surface area contributed by atoms with Crippen molar-refractivity contribution in [2.24, 2.45) is 0 Å². The van der Waals surface area contributed by atoms with Gasteiger partial charge < -0.3 is 34.4 Å². The topological polar surface area (TPSA) is 120 Å². The number of halogens is 3. The number of rotatable bonds is 11. The van der Waals surface area contributed by atoms with Crippen LogP contribution in [-0.4, -0.2) is 103 Å². The zero-order valence-electron chi connectivity index (χ0n) is 26.2. The molecule has 10 nitrogen and oxygen atoms in total. The number of alkyl halides is 3. The molecule has 1 heterocycles. The highest BCUT2D eigenvalue weighted by atomic mass is 19.4. The molecule has 13 heteroatoms. The summed E-state index contributed by atoms with van der Waals surface area (Å²) in [6, 6.07) is 19.9. The van der Waals surface area contributed by atoms with Crippen molar-refractivity contribution in [2.75, 3.05) is 57.9 Å². The third-order valence-electron chi connectivity index (χ3n) is 8.35. The molecule has 0 radical (unpaired) electrons. The first-order valence-electron chi connectivity index (χ1n) is 15.6. The minimum Gasteiger partial charge on any atom is -0.494 e. The van der Waals surface area contributed by atoms with Gasteiger partial charge in [-0.15, -0.1) is 0 Å². The third kappa shape index (κ3) is 9.98. The molecule has 5 rings (SSSR count). The molecule has 1 saturated carbocycles. The highest BCUT2D eigenvalue weighted by Gasteiger charge is 2.38. The van der Waals surface area contributed by atoms with Gasteiger partial charge in [-0.3, -0.25) is 4.79 Å². The van der Waals surface area contributed by atoms with E-state index in [1.165, 1.54) is 25.7 Å². The summed E-state index contributed by atoms with van der Waals surface area (Å²) >= 11 is 0. The molecule has 0 unspecified atom stereocenters. The summed E-state index contributed by atoms with van der Waals surface area (Å²) < 4.78 is 43.2. The minimum atomic E-state index is -5.08. The number of piperazine rings is 1. The first-order chi connectivity index (χ1) is 22.4. The van der Waals surface area contributed by atoms with Gasteiger partial charge in [0.1, 0.15) is 11.5 Å². The number of amides is 1. The van der Waals surface area contributed by atoms with Gasteiger partial charge in [-0.2, -0.15) is 13.2 Å². The number of hydrogen-bond donors (Lipinski definition) is 2. The molecular weight excluding hydrogens is 619 g/mol. The van der Waals surface area contributed by atoms with Crippen LogP contribution in [0.4, 0.5) is 18.9 Å². The molecule has 0 aromatic heterocycles. The standard InChI is InChI=1S/C32H39N3O5.C2HF3O2/c1-33(24-7-2-3-8-24)17-6-22-39-26-13-11-25(12-14-26)34-18-20-35(21-19-34)32(38)29-15-16-30(40-23-31(36)37)28-10-5-4-9-27(28)29;3-2(4,5)1(6)7/h4-5,9-16,24H,2-3,6-8,17-23H2,1H3,(H,36,37);(H,6,7). The molecule has 1 amide bonds. The van der Waals surface area contributed by atoms with E-state index < -0.39 is 24.7 Å². The van der Waals surface area contributed by atoms with Gasteiger partial charge in [0.2, 0.25) is 0 Å². The van der Waals surface area contributed by atoms with E-state index in [1.54, 1.807) is 12.1 Å². The van der Waals surface area contributed by atoms with Crippen LogP contribution in [0.15, 0.2) is 60.7 Å². The van der Waals surface area contributed by atoms with Crippen molar-refractivity contribution in [2.45, 2.75) is 44.3 Å².